The molecule has 0 aliphatic carbocycles. The van der Waals surface area contributed by atoms with Gasteiger partial charge in [-0.25, -0.2) is 0 Å². The van der Waals surface area contributed by atoms with Crippen LogP contribution >= 0.6 is 0 Å². The number of amides is 1. The highest BCUT2D eigenvalue weighted by atomic mass is 16.5. The Morgan fingerprint density at radius 3 is 2.23 bits per heavy atom. The Morgan fingerprint density at radius 2 is 1.68 bits per heavy atom. The van der Waals surface area contributed by atoms with Gasteiger partial charge >= 0.3 is 5.97 Å². The molecule has 0 unspecified atom stereocenters. The summed E-state index contributed by atoms with van der Waals surface area (Å²) in [4.78, 5) is 22.8. The highest BCUT2D eigenvalue weighted by Gasteiger charge is 2.08. The van der Waals surface area contributed by atoms with Gasteiger partial charge in [0.1, 0.15) is 11.5 Å². The van der Waals surface area contributed by atoms with Crippen molar-refractivity contribution >= 4 is 11.9 Å². The highest BCUT2D eigenvalue weighted by Crippen LogP contribution is 2.17. The summed E-state index contributed by atoms with van der Waals surface area (Å²) < 4.78 is 15.6. The molecule has 0 aliphatic heterocycles. The van der Waals surface area contributed by atoms with Crippen LogP contribution in [-0.2, 0) is 14.3 Å². The first-order valence-corrected chi connectivity index (χ1v) is 7.32. The Balaban J connectivity index is 2.20. The Labute approximate surface area is 130 Å². The Kier molecular flexibility index (Phi) is 7.81. The molecule has 0 aliphatic rings. The molecule has 0 bridgehead atoms. The summed E-state index contributed by atoms with van der Waals surface area (Å²) in [5, 5.41) is 2.64. The van der Waals surface area contributed by atoms with Crippen molar-refractivity contribution in [2.24, 2.45) is 0 Å². The van der Waals surface area contributed by atoms with E-state index in [1.807, 2.05) is 20.8 Å². The van der Waals surface area contributed by atoms with Gasteiger partial charge in [0.2, 0.25) is 0 Å². The molecule has 1 amide bonds. The van der Waals surface area contributed by atoms with Gasteiger partial charge in [-0.15, -0.1) is 0 Å². The van der Waals surface area contributed by atoms with Crippen LogP contribution < -0.4 is 14.8 Å². The van der Waals surface area contributed by atoms with Gasteiger partial charge in [0.25, 0.3) is 5.91 Å². The van der Waals surface area contributed by atoms with Crippen LogP contribution in [0, 0.1) is 0 Å². The molecule has 1 N–H and O–H groups in total. The van der Waals surface area contributed by atoms with Gasteiger partial charge in [-0.05, 0) is 45.0 Å². The lowest BCUT2D eigenvalue weighted by atomic mass is 10.3. The average molecular weight is 309 g/mol. The van der Waals surface area contributed by atoms with Crippen LogP contribution in [0.15, 0.2) is 24.3 Å². The maximum atomic E-state index is 11.5. The predicted molar refractivity (Wildman–Crippen MR) is 82.0 cm³/mol. The van der Waals surface area contributed by atoms with Crippen LogP contribution in [-0.4, -0.2) is 37.7 Å². The number of nitrogens with one attached hydrogen (secondary N) is 1. The van der Waals surface area contributed by atoms with Gasteiger partial charge in [-0.2, -0.15) is 0 Å². The summed E-state index contributed by atoms with van der Waals surface area (Å²) in [5.41, 5.74) is 0. The molecule has 0 atom stereocenters. The lowest BCUT2D eigenvalue weighted by Crippen LogP contribution is -2.34. The normalized spacial score (nSPS) is 10.2. The topological polar surface area (TPSA) is 73.9 Å². The van der Waals surface area contributed by atoms with E-state index in [-0.39, 0.29) is 31.6 Å². The van der Waals surface area contributed by atoms with Gasteiger partial charge < -0.3 is 19.5 Å². The molecule has 1 rings (SSSR count). The fourth-order valence-corrected chi connectivity index (χ4v) is 1.63. The van der Waals surface area contributed by atoms with E-state index in [2.05, 4.69) is 5.32 Å². The molecule has 0 heterocycles. The third kappa shape index (κ3) is 7.52. The molecular formula is C16H23NO5. The first kappa shape index (κ1) is 17.8. The minimum atomic E-state index is -0.468. The zero-order valence-electron chi connectivity index (χ0n) is 13.3. The number of hydrogen-bond acceptors (Lipinski definition) is 5. The molecule has 0 saturated carbocycles. The minimum Gasteiger partial charge on any atom is -0.494 e. The number of benzene rings is 1. The van der Waals surface area contributed by atoms with E-state index in [1.54, 1.807) is 24.3 Å². The lowest BCUT2D eigenvalue weighted by molar-refractivity contribution is -0.149. The van der Waals surface area contributed by atoms with E-state index in [1.165, 1.54) is 0 Å². The molecule has 0 fully saturated rings. The zero-order valence-corrected chi connectivity index (χ0v) is 13.3. The molecule has 1 aromatic carbocycles. The predicted octanol–water partition coefficient (Wildman–Crippen LogP) is 1.92. The van der Waals surface area contributed by atoms with E-state index >= 15 is 0 Å². The lowest BCUT2D eigenvalue weighted by Gasteiger charge is -2.09. The summed E-state index contributed by atoms with van der Waals surface area (Å²) in [7, 11) is 0. The summed E-state index contributed by atoms with van der Waals surface area (Å²) >= 11 is 0. The summed E-state index contributed by atoms with van der Waals surface area (Å²) in [5.74, 6) is 0.639. The van der Waals surface area contributed by atoms with E-state index in [0.29, 0.717) is 12.4 Å². The molecule has 0 spiro atoms. The van der Waals surface area contributed by atoms with E-state index in [4.69, 9.17) is 14.2 Å². The van der Waals surface area contributed by atoms with E-state index < -0.39 is 5.97 Å². The van der Waals surface area contributed by atoms with Gasteiger partial charge in [0, 0.05) is 6.04 Å². The van der Waals surface area contributed by atoms with Crippen molar-refractivity contribution < 1.29 is 23.8 Å². The molecule has 22 heavy (non-hydrogen) atoms. The summed E-state index contributed by atoms with van der Waals surface area (Å²) in [6.45, 7) is 6.13. The van der Waals surface area contributed by atoms with Gasteiger partial charge in [-0.3, -0.25) is 9.59 Å². The first-order chi connectivity index (χ1) is 10.5. The monoisotopic (exact) mass is 309 g/mol. The first-order valence-electron chi connectivity index (χ1n) is 7.32. The maximum Gasteiger partial charge on any atom is 0.309 e. The fraction of sp³-hybridized carbons (Fsp3) is 0.500. The number of rotatable bonds is 9. The van der Waals surface area contributed by atoms with Crippen molar-refractivity contribution in [3.63, 3.8) is 0 Å². The highest BCUT2D eigenvalue weighted by molar-refractivity contribution is 5.80. The largest absolute Gasteiger partial charge is 0.494 e. The molecule has 0 radical (unpaired) electrons. The number of hydrogen-bond donors (Lipinski definition) is 1. The zero-order chi connectivity index (χ0) is 16.4. The van der Waals surface area contributed by atoms with Crippen molar-refractivity contribution in [3.05, 3.63) is 24.3 Å². The van der Waals surface area contributed by atoms with Crippen molar-refractivity contribution in [1.82, 2.24) is 5.32 Å². The van der Waals surface area contributed by atoms with Crippen LogP contribution in [0.4, 0.5) is 0 Å². The number of carbonyl (C=O) groups is 2. The van der Waals surface area contributed by atoms with Crippen LogP contribution in [0.1, 0.15) is 27.2 Å². The van der Waals surface area contributed by atoms with Gasteiger partial charge in [0.05, 0.1) is 19.6 Å². The summed E-state index contributed by atoms with van der Waals surface area (Å²) in [6.07, 6.45) is 0.0855. The molecule has 0 aromatic heterocycles. The van der Waals surface area contributed by atoms with Crippen molar-refractivity contribution in [2.75, 3.05) is 19.8 Å². The molecule has 6 heteroatoms. The molecule has 6 nitrogen and oxygen atoms in total. The van der Waals surface area contributed by atoms with Crippen LogP contribution in [0.25, 0.3) is 0 Å². The Morgan fingerprint density at radius 1 is 1.09 bits per heavy atom. The second kappa shape index (κ2) is 9.65. The molecule has 0 saturated heterocycles. The maximum absolute atomic E-state index is 11.5. The standard InChI is InChI=1S/C16H23NO5/c1-4-20-13-5-7-14(8-6-13)21-10-9-16(19)22-11-15(18)17-12(2)3/h5-8,12H,4,9-11H2,1-3H3,(H,17,18). The van der Waals surface area contributed by atoms with Crippen molar-refractivity contribution in [1.29, 1.82) is 0 Å². The third-order valence-corrected chi connectivity index (χ3v) is 2.52. The van der Waals surface area contributed by atoms with Crippen molar-refractivity contribution in [2.45, 2.75) is 33.2 Å². The van der Waals surface area contributed by atoms with Crippen LogP contribution in [0.2, 0.25) is 0 Å². The van der Waals surface area contributed by atoms with Crippen LogP contribution in [0.3, 0.4) is 0 Å². The number of esters is 1. The number of ether oxygens (including phenoxy) is 3. The summed E-state index contributed by atoms with van der Waals surface area (Å²) in [6, 6.07) is 7.16. The smallest absolute Gasteiger partial charge is 0.309 e. The average Bonchev–Trinajstić information content (AvgIpc) is 2.46. The van der Waals surface area contributed by atoms with Gasteiger partial charge in [-0.1, -0.05) is 0 Å². The van der Waals surface area contributed by atoms with E-state index in [9.17, 15) is 9.59 Å². The second-order valence-electron chi connectivity index (χ2n) is 4.89. The van der Waals surface area contributed by atoms with E-state index in [0.717, 1.165) is 5.75 Å². The quantitative estimate of drug-likeness (QED) is 0.706. The minimum absolute atomic E-state index is 0.0224. The SMILES string of the molecule is CCOc1ccc(OCCC(=O)OCC(=O)NC(C)C)cc1. The Hall–Kier alpha value is -2.24. The fourth-order valence-electron chi connectivity index (χ4n) is 1.63. The molecular weight excluding hydrogens is 286 g/mol. The molecule has 1 aromatic rings. The molecule has 122 valence electrons. The second-order valence-corrected chi connectivity index (χ2v) is 4.89. The van der Waals surface area contributed by atoms with Crippen LogP contribution in [0.5, 0.6) is 11.5 Å². The third-order valence-electron chi connectivity index (χ3n) is 2.52. The van der Waals surface area contributed by atoms with Gasteiger partial charge in [0.15, 0.2) is 6.61 Å². The Bertz CT molecular complexity index is 470. The number of carbonyl (C=O) groups excluding carboxylic acids is 2. The van der Waals surface area contributed by atoms with Crippen molar-refractivity contribution in [3.8, 4) is 11.5 Å².